The van der Waals surface area contributed by atoms with E-state index < -0.39 is 5.91 Å². The predicted molar refractivity (Wildman–Crippen MR) is 68.2 cm³/mol. The molecular formula is C13H13N3O2. The van der Waals surface area contributed by atoms with E-state index in [2.05, 4.69) is 10.3 Å². The smallest absolute Gasteiger partial charge is 0.248 e. The topological polar surface area (TPSA) is 88.2 Å². The first-order valence-corrected chi connectivity index (χ1v) is 5.43. The molecule has 0 radical (unpaired) electrons. The summed E-state index contributed by atoms with van der Waals surface area (Å²) in [5.74, 6) is -0.300. The number of pyridine rings is 1. The zero-order valence-electron chi connectivity index (χ0n) is 9.63. The summed E-state index contributed by atoms with van der Waals surface area (Å²) in [6, 6.07) is 10.2. The van der Waals surface area contributed by atoms with Crippen molar-refractivity contribution >= 4 is 11.6 Å². The van der Waals surface area contributed by atoms with E-state index in [1.165, 1.54) is 6.20 Å². The van der Waals surface area contributed by atoms with Crippen molar-refractivity contribution < 1.29 is 9.90 Å². The Bertz CT molecular complexity index is 535. The summed E-state index contributed by atoms with van der Waals surface area (Å²) < 4.78 is 0. The van der Waals surface area contributed by atoms with E-state index in [0.29, 0.717) is 12.1 Å². The molecule has 1 amide bonds. The normalized spacial score (nSPS) is 10.0. The molecule has 0 saturated carbocycles. The molecule has 0 aliphatic rings. The fourth-order valence-electron chi connectivity index (χ4n) is 1.47. The van der Waals surface area contributed by atoms with Crippen LogP contribution in [0.5, 0.6) is 5.75 Å². The number of carbonyl (C=O) groups excluding carboxylic acids is 1. The van der Waals surface area contributed by atoms with Gasteiger partial charge in [-0.3, -0.25) is 9.78 Å². The van der Waals surface area contributed by atoms with Crippen LogP contribution in [0.3, 0.4) is 0 Å². The summed E-state index contributed by atoms with van der Waals surface area (Å²) in [6.45, 7) is 0.538. The number of nitrogens with two attached hydrogens (primary N) is 1. The van der Waals surface area contributed by atoms with Crippen molar-refractivity contribution in [2.75, 3.05) is 5.32 Å². The predicted octanol–water partition coefficient (Wildman–Crippen LogP) is 1.50. The average Bonchev–Trinajstić information content (AvgIpc) is 2.38. The Kier molecular flexibility index (Phi) is 3.43. The Labute approximate surface area is 104 Å². The van der Waals surface area contributed by atoms with E-state index in [1.807, 2.05) is 0 Å². The number of benzene rings is 1. The number of carbonyl (C=O) groups is 1. The highest BCUT2D eigenvalue weighted by Gasteiger charge is 2.00. The second kappa shape index (κ2) is 5.18. The second-order valence-corrected chi connectivity index (χ2v) is 3.80. The monoisotopic (exact) mass is 243 g/mol. The van der Waals surface area contributed by atoms with Crippen LogP contribution >= 0.6 is 0 Å². The molecule has 1 heterocycles. The van der Waals surface area contributed by atoms with Gasteiger partial charge in [0.05, 0.1) is 18.4 Å². The molecule has 0 saturated heterocycles. The minimum atomic E-state index is -0.443. The SMILES string of the molecule is NC(=O)c1ccc(NCc2ccc(O)cn2)cc1. The molecule has 0 bridgehead atoms. The van der Waals surface area contributed by atoms with Crippen LogP contribution in [0.2, 0.25) is 0 Å². The summed E-state index contributed by atoms with van der Waals surface area (Å²) in [5.41, 5.74) is 7.31. The van der Waals surface area contributed by atoms with Crippen molar-refractivity contribution in [2.45, 2.75) is 6.54 Å². The first-order chi connectivity index (χ1) is 8.65. The van der Waals surface area contributed by atoms with E-state index in [-0.39, 0.29) is 5.75 Å². The number of nitrogens with zero attached hydrogens (tertiary/aromatic N) is 1. The van der Waals surface area contributed by atoms with Crippen molar-refractivity contribution in [1.82, 2.24) is 4.98 Å². The molecule has 0 spiro atoms. The molecule has 5 nitrogen and oxygen atoms in total. The van der Waals surface area contributed by atoms with Crippen LogP contribution < -0.4 is 11.1 Å². The van der Waals surface area contributed by atoms with Crippen molar-refractivity contribution in [3.63, 3.8) is 0 Å². The number of aromatic hydroxyl groups is 1. The number of anilines is 1. The van der Waals surface area contributed by atoms with Crippen molar-refractivity contribution in [3.8, 4) is 5.75 Å². The van der Waals surface area contributed by atoms with Gasteiger partial charge >= 0.3 is 0 Å². The molecule has 0 aliphatic carbocycles. The molecule has 4 N–H and O–H groups in total. The molecule has 0 atom stereocenters. The first-order valence-electron chi connectivity index (χ1n) is 5.43. The third-order valence-corrected chi connectivity index (χ3v) is 2.45. The fraction of sp³-hybridized carbons (Fsp3) is 0.0769. The fourth-order valence-corrected chi connectivity index (χ4v) is 1.47. The van der Waals surface area contributed by atoms with Crippen LogP contribution in [0, 0.1) is 0 Å². The maximum absolute atomic E-state index is 10.9. The quantitative estimate of drug-likeness (QED) is 0.759. The van der Waals surface area contributed by atoms with E-state index >= 15 is 0 Å². The van der Waals surface area contributed by atoms with E-state index in [0.717, 1.165) is 11.4 Å². The van der Waals surface area contributed by atoms with Crippen LogP contribution in [-0.2, 0) is 6.54 Å². The lowest BCUT2D eigenvalue weighted by atomic mass is 10.2. The zero-order valence-corrected chi connectivity index (χ0v) is 9.63. The van der Waals surface area contributed by atoms with Gasteiger partial charge in [-0.2, -0.15) is 0 Å². The summed E-state index contributed by atoms with van der Waals surface area (Å²) >= 11 is 0. The molecule has 1 aromatic carbocycles. The Morgan fingerprint density at radius 2 is 1.94 bits per heavy atom. The van der Waals surface area contributed by atoms with Crippen LogP contribution in [0.15, 0.2) is 42.6 Å². The third-order valence-electron chi connectivity index (χ3n) is 2.45. The molecule has 18 heavy (non-hydrogen) atoms. The van der Waals surface area contributed by atoms with Gasteiger partial charge < -0.3 is 16.2 Å². The van der Waals surface area contributed by atoms with Gasteiger partial charge in [-0.05, 0) is 36.4 Å². The van der Waals surface area contributed by atoms with Crippen molar-refractivity contribution in [2.24, 2.45) is 5.73 Å². The number of amides is 1. The van der Waals surface area contributed by atoms with Crippen LogP contribution in [0.1, 0.15) is 16.1 Å². The zero-order chi connectivity index (χ0) is 13.0. The molecule has 0 aliphatic heterocycles. The summed E-state index contributed by atoms with van der Waals surface area (Å²) in [7, 11) is 0. The van der Waals surface area contributed by atoms with Gasteiger partial charge in [0.25, 0.3) is 0 Å². The molecule has 0 fully saturated rings. The van der Waals surface area contributed by atoms with Crippen molar-refractivity contribution in [3.05, 3.63) is 53.9 Å². The van der Waals surface area contributed by atoms with Gasteiger partial charge in [0.15, 0.2) is 0 Å². The van der Waals surface area contributed by atoms with Crippen molar-refractivity contribution in [1.29, 1.82) is 0 Å². The molecule has 1 aromatic heterocycles. The Hall–Kier alpha value is -2.56. The van der Waals surface area contributed by atoms with Gasteiger partial charge in [0.2, 0.25) is 5.91 Å². The van der Waals surface area contributed by atoms with Gasteiger partial charge in [0.1, 0.15) is 5.75 Å². The maximum atomic E-state index is 10.9. The maximum Gasteiger partial charge on any atom is 0.248 e. The number of primary amides is 1. The molecule has 92 valence electrons. The van der Waals surface area contributed by atoms with Gasteiger partial charge in [-0.25, -0.2) is 0 Å². The van der Waals surface area contributed by atoms with Gasteiger partial charge in [-0.1, -0.05) is 0 Å². The minimum Gasteiger partial charge on any atom is -0.506 e. The molecule has 2 aromatic rings. The number of nitrogens with one attached hydrogen (secondary N) is 1. The highest BCUT2D eigenvalue weighted by atomic mass is 16.3. The van der Waals surface area contributed by atoms with E-state index in [9.17, 15) is 4.79 Å². The van der Waals surface area contributed by atoms with E-state index in [1.54, 1.807) is 36.4 Å². The largest absolute Gasteiger partial charge is 0.506 e. The Morgan fingerprint density at radius 3 is 2.50 bits per heavy atom. The van der Waals surface area contributed by atoms with E-state index in [4.69, 9.17) is 10.8 Å². The highest BCUT2D eigenvalue weighted by Crippen LogP contribution is 2.11. The second-order valence-electron chi connectivity index (χ2n) is 3.80. The third kappa shape index (κ3) is 2.98. The summed E-state index contributed by atoms with van der Waals surface area (Å²) in [6.07, 6.45) is 1.40. The molecular weight excluding hydrogens is 230 g/mol. The number of rotatable bonds is 4. The number of hydrogen-bond acceptors (Lipinski definition) is 4. The highest BCUT2D eigenvalue weighted by molar-refractivity contribution is 5.93. The Balaban J connectivity index is 1.97. The summed E-state index contributed by atoms with van der Waals surface area (Å²) in [5, 5.41) is 12.2. The first kappa shape index (κ1) is 11.9. The van der Waals surface area contributed by atoms with Crippen LogP contribution in [-0.4, -0.2) is 16.0 Å². The molecule has 0 unspecified atom stereocenters. The van der Waals surface area contributed by atoms with Gasteiger partial charge in [0, 0.05) is 11.3 Å². The lowest BCUT2D eigenvalue weighted by Crippen LogP contribution is -2.10. The standard InChI is InChI=1S/C13H13N3O2/c14-13(18)9-1-3-10(4-2-9)15-7-11-5-6-12(17)8-16-11/h1-6,8,15,17H,7H2,(H2,14,18). The summed E-state index contributed by atoms with van der Waals surface area (Å²) in [4.78, 5) is 14.9. The average molecular weight is 243 g/mol. The molecule has 5 heteroatoms. The minimum absolute atomic E-state index is 0.143. The molecule has 2 rings (SSSR count). The van der Waals surface area contributed by atoms with Crippen LogP contribution in [0.25, 0.3) is 0 Å². The lowest BCUT2D eigenvalue weighted by molar-refractivity contribution is 0.100. The lowest BCUT2D eigenvalue weighted by Gasteiger charge is -2.06. The Morgan fingerprint density at radius 1 is 1.22 bits per heavy atom. The van der Waals surface area contributed by atoms with Crippen LogP contribution in [0.4, 0.5) is 5.69 Å². The van der Waals surface area contributed by atoms with Gasteiger partial charge in [-0.15, -0.1) is 0 Å². The number of aromatic nitrogens is 1. The number of hydrogen-bond donors (Lipinski definition) is 3.